The van der Waals surface area contributed by atoms with E-state index in [2.05, 4.69) is 0 Å². The first kappa shape index (κ1) is 17.3. The highest BCUT2D eigenvalue weighted by Gasteiger charge is 2.23. The number of carboxylic acids is 1. The summed E-state index contributed by atoms with van der Waals surface area (Å²) in [6, 6.07) is 7.76. The number of hydrogen-bond acceptors (Lipinski definition) is 3. The number of carbonyl (C=O) groups excluding carboxylic acids is 1. The van der Waals surface area contributed by atoms with E-state index in [-0.39, 0.29) is 12.3 Å². The first-order chi connectivity index (χ1) is 11.1. The van der Waals surface area contributed by atoms with Crippen LogP contribution < -0.4 is 4.74 Å². The van der Waals surface area contributed by atoms with Crippen LogP contribution >= 0.6 is 0 Å². The van der Waals surface area contributed by atoms with E-state index in [9.17, 15) is 9.59 Å². The van der Waals surface area contributed by atoms with Gasteiger partial charge in [-0.25, -0.2) is 0 Å². The second kappa shape index (κ2) is 8.56. The number of para-hydroxylation sites is 1. The average molecular weight is 319 g/mol. The maximum atomic E-state index is 12.4. The van der Waals surface area contributed by atoms with Crippen molar-refractivity contribution in [3.63, 3.8) is 0 Å². The molecular weight excluding hydrogens is 294 g/mol. The highest BCUT2D eigenvalue weighted by Crippen LogP contribution is 2.23. The van der Waals surface area contributed by atoms with E-state index in [4.69, 9.17) is 9.84 Å². The summed E-state index contributed by atoms with van der Waals surface area (Å²) < 4.78 is 5.31. The van der Waals surface area contributed by atoms with Crippen LogP contribution in [0, 0.1) is 5.92 Å². The zero-order chi connectivity index (χ0) is 16.7. The first-order valence-corrected chi connectivity index (χ1v) is 8.21. The molecule has 0 saturated carbocycles. The quantitative estimate of drug-likeness (QED) is 0.839. The van der Waals surface area contributed by atoms with E-state index >= 15 is 0 Å². The highest BCUT2D eigenvalue weighted by atomic mass is 16.5. The van der Waals surface area contributed by atoms with Gasteiger partial charge in [0.1, 0.15) is 5.75 Å². The maximum absolute atomic E-state index is 12.4. The standard InChI is InChI=1S/C18H25NO4/c1-23-16-7-3-2-6-15(16)9-10-17(20)19-12-4-5-14(13-19)8-11-18(21)22/h2-3,6-7,14H,4-5,8-13H2,1H3,(H,21,22)/t14-/m1/s1. The Bertz CT molecular complexity index is 544. The lowest BCUT2D eigenvalue weighted by molar-refractivity contribution is -0.137. The predicted octanol–water partition coefficient (Wildman–Crippen LogP) is 2.73. The number of likely N-dealkylation sites (tertiary alicyclic amines) is 1. The normalized spacial score (nSPS) is 17.8. The van der Waals surface area contributed by atoms with Gasteiger partial charge in [0.2, 0.25) is 5.91 Å². The Hall–Kier alpha value is -2.04. The summed E-state index contributed by atoms with van der Waals surface area (Å²) in [7, 11) is 1.64. The molecule has 0 unspecified atom stereocenters. The van der Waals surface area contributed by atoms with Crippen molar-refractivity contribution >= 4 is 11.9 Å². The van der Waals surface area contributed by atoms with Gasteiger partial charge >= 0.3 is 5.97 Å². The fourth-order valence-electron chi connectivity index (χ4n) is 3.16. The molecule has 1 fully saturated rings. The van der Waals surface area contributed by atoms with Crippen molar-refractivity contribution in [2.45, 2.75) is 38.5 Å². The van der Waals surface area contributed by atoms with E-state index < -0.39 is 5.97 Å². The van der Waals surface area contributed by atoms with E-state index in [1.54, 1.807) is 7.11 Å². The van der Waals surface area contributed by atoms with Gasteiger partial charge in [-0.15, -0.1) is 0 Å². The number of benzene rings is 1. The molecule has 1 aromatic carbocycles. The molecule has 23 heavy (non-hydrogen) atoms. The molecule has 1 saturated heterocycles. The number of ether oxygens (including phenoxy) is 1. The minimum absolute atomic E-state index is 0.149. The van der Waals surface area contributed by atoms with Crippen molar-refractivity contribution in [2.24, 2.45) is 5.92 Å². The molecule has 5 nitrogen and oxygen atoms in total. The van der Waals surface area contributed by atoms with Gasteiger partial charge in [0.25, 0.3) is 0 Å². The lowest BCUT2D eigenvalue weighted by Crippen LogP contribution is -2.40. The SMILES string of the molecule is COc1ccccc1CCC(=O)N1CCC[C@H](CCC(=O)O)C1. The van der Waals surface area contributed by atoms with Crippen LogP contribution in [0.15, 0.2) is 24.3 Å². The summed E-state index contributed by atoms with van der Waals surface area (Å²) in [5, 5.41) is 8.79. The van der Waals surface area contributed by atoms with E-state index in [0.717, 1.165) is 30.7 Å². The summed E-state index contributed by atoms with van der Waals surface area (Å²) in [5.41, 5.74) is 1.04. The molecule has 1 N–H and O–H groups in total. The Balaban J connectivity index is 1.84. The summed E-state index contributed by atoms with van der Waals surface area (Å²) in [4.78, 5) is 25.0. The van der Waals surface area contributed by atoms with Crippen LogP contribution in [0.1, 0.15) is 37.7 Å². The van der Waals surface area contributed by atoms with Crippen LogP contribution in [-0.2, 0) is 16.0 Å². The average Bonchev–Trinajstić information content (AvgIpc) is 2.58. The minimum Gasteiger partial charge on any atom is -0.496 e. The molecule has 1 aliphatic heterocycles. The number of methoxy groups -OCH3 is 1. The van der Waals surface area contributed by atoms with Crippen molar-refractivity contribution in [2.75, 3.05) is 20.2 Å². The number of hydrogen-bond donors (Lipinski definition) is 1. The molecule has 0 aromatic heterocycles. The molecule has 0 bridgehead atoms. The van der Waals surface area contributed by atoms with Gasteiger partial charge in [0, 0.05) is 25.9 Å². The molecule has 1 amide bonds. The molecule has 126 valence electrons. The van der Waals surface area contributed by atoms with Gasteiger partial charge in [0.05, 0.1) is 7.11 Å². The topological polar surface area (TPSA) is 66.8 Å². The van der Waals surface area contributed by atoms with Crippen LogP contribution in [0.5, 0.6) is 5.75 Å². The number of carboxylic acid groups (broad SMARTS) is 1. The van der Waals surface area contributed by atoms with E-state index in [0.29, 0.717) is 31.7 Å². The molecule has 1 heterocycles. The Labute approximate surface area is 137 Å². The number of rotatable bonds is 7. The van der Waals surface area contributed by atoms with Gasteiger partial charge in [-0.2, -0.15) is 0 Å². The largest absolute Gasteiger partial charge is 0.496 e. The van der Waals surface area contributed by atoms with Crippen LogP contribution in [0.2, 0.25) is 0 Å². The number of amides is 1. The van der Waals surface area contributed by atoms with Crippen molar-refractivity contribution in [1.29, 1.82) is 0 Å². The fourth-order valence-corrected chi connectivity index (χ4v) is 3.16. The van der Waals surface area contributed by atoms with Gasteiger partial charge in [0.15, 0.2) is 0 Å². The molecule has 0 radical (unpaired) electrons. The maximum Gasteiger partial charge on any atom is 0.303 e. The van der Waals surface area contributed by atoms with Crippen molar-refractivity contribution in [1.82, 2.24) is 4.90 Å². The Morgan fingerprint density at radius 1 is 1.30 bits per heavy atom. The molecule has 1 atom stereocenters. The van der Waals surface area contributed by atoms with Crippen LogP contribution in [0.3, 0.4) is 0 Å². The van der Waals surface area contributed by atoms with Crippen LogP contribution in [0.25, 0.3) is 0 Å². The van der Waals surface area contributed by atoms with E-state index in [1.165, 1.54) is 0 Å². The Kier molecular flexibility index (Phi) is 6.44. The smallest absolute Gasteiger partial charge is 0.303 e. The van der Waals surface area contributed by atoms with Gasteiger partial charge in [-0.05, 0) is 43.2 Å². The lowest BCUT2D eigenvalue weighted by Gasteiger charge is -2.32. The second-order valence-electron chi connectivity index (χ2n) is 6.09. The predicted molar refractivity (Wildman–Crippen MR) is 87.5 cm³/mol. The summed E-state index contributed by atoms with van der Waals surface area (Å²) in [6.45, 7) is 1.48. The molecule has 5 heteroatoms. The molecular formula is C18H25NO4. The first-order valence-electron chi connectivity index (χ1n) is 8.21. The minimum atomic E-state index is -0.760. The van der Waals surface area contributed by atoms with Crippen LogP contribution in [-0.4, -0.2) is 42.1 Å². The number of piperidine rings is 1. The summed E-state index contributed by atoms with van der Waals surface area (Å²) in [6.07, 6.45) is 3.96. The third-order valence-electron chi connectivity index (χ3n) is 4.44. The monoisotopic (exact) mass is 319 g/mol. The van der Waals surface area contributed by atoms with Gasteiger partial charge in [-0.3, -0.25) is 9.59 Å². The fraction of sp³-hybridized carbons (Fsp3) is 0.556. The summed E-state index contributed by atoms with van der Waals surface area (Å²) >= 11 is 0. The molecule has 0 aliphatic carbocycles. The number of carbonyl (C=O) groups is 2. The number of aryl methyl sites for hydroxylation is 1. The van der Waals surface area contributed by atoms with Crippen molar-refractivity contribution < 1.29 is 19.4 Å². The van der Waals surface area contributed by atoms with Crippen molar-refractivity contribution in [3.05, 3.63) is 29.8 Å². The zero-order valence-corrected chi connectivity index (χ0v) is 13.7. The third kappa shape index (κ3) is 5.27. The Morgan fingerprint density at radius 3 is 2.83 bits per heavy atom. The van der Waals surface area contributed by atoms with Crippen molar-refractivity contribution in [3.8, 4) is 5.75 Å². The number of aliphatic carboxylic acids is 1. The third-order valence-corrected chi connectivity index (χ3v) is 4.44. The molecule has 1 aromatic rings. The van der Waals surface area contributed by atoms with Gasteiger partial charge < -0.3 is 14.7 Å². The zero-order valence-electron chi connectivity index (χ0n) is 13.7. The second-order valence-corrected chi connectivity index (χ2v) is 6.09. The van der Waals surface area contributed by atoms with E-state index in [1.807, 2.05) is 29.2 Å². The molecule has 0 spiro atoms. The molecule has 1 aliphatic rings. The molecule has 2 rings (SSSR count). The van der Waals surface area contributed by atoms with Gasteiger partial charge in [-0.1, -0.05) is 18.2 Å². The Morgan fingerprint density at radius 2 is 2.09 bits per heavy atom. The van der Waals surface area contributed by atoms with Crippen LogP contribution in [0.4, 0.5) is 0 Å². The lowest BCUT2D eigenvalue weighted by atomic mass is 9.93. The highest BCUT2D eigenvalue weighted by molar-refractivity contribution is 5.76. The summed E-state index contributed by atoms with van der Waals surface area (Å²) in [5.74, 6) is 0.522. The number of nitrogens with zero attached hydrogens (tertiary/aromatic N) is 1.